The number of nitrogens with zero attached hydrogens (tertiary/aromatic N) is 1. The molecular formula is C22H18N2O3S2. The molecule has 4 rings (SSSR count). The van der Waals surface area contributed by atoms with Crippen molar-refractivity contribution in [2.24, 2.45) is 0 Å². The zero-order valence-corrected chi connectivity index (χ0v) is 17.0. The van der Waals surface area contributed by atoms with Gasteiger partial charge in [-0.1, -0.05) is 36.4 Å². The first-order valence-electron chi connectivity index (χ1n) is 8.95. The van der Waals surface area contributed by atoms with Crippen LogP contribution in [0.1, 0.15) is 5.56 Å². The molecule has 7 heteroatoms. The van der Waals surface area contributed by atoms with Crippen LogP contribution in [-0.2, 0) is 11.4 Å². The average molecular weight is 423 g/mol. The molecule has 0 atom stereocenters. The fourth-order valence-electron chi connectivity index (χ4n) is 2.55. The third-order valence-corrected chi connectivity index (χ3v) is 5.62. The Morgan fingerprint density at radius 2 is 1.66 bits per heavy atom. The number of thiophene rings is 1. The third kappa shape index (κ3) is 5.43. The summed E-state index contributed by atoms with van der Waals surface area (Å²) in [5.41, 5.74) is 1.97. The van der Waals surface area contributed by atoms with Crippen molar-refractivity contribution in [2.75, 3.05) is 11.9 Å². The maximum absolute atomic E-state index is 12.1. The van der Waals surface area contributed by atoms with Gasteiger partial charge in [0.1, 0.15) is 18.1 Å². The molecule has 0 aliphatic heterocycles. The number of nitrogens with one attached hydrogen (secondary N) is 1. The molecule has 29 heavy (non-hydrogen) atoms. The Bertz CT molecular complexity index is 1050. The third-order valence-electron chi connectivity index (χ3n) is 3.97. The van der Waals surface area contributed by atoms with Crippen molar-refractivity contribution >= 4 is 33.7 Å². The topological polar surface area (TPSA) is 60.5 Å². The summed E-state index contributed by atoms with van der Waals surface area (Å²) in [4.78, 5) is 17.6. The van der Waals surface area contributed by atoms with Gasteiger partial charge in [-0.05, 0) is 41.3 Å². The highest BCUT2D eigenvalue weighted by molar-refractivity contribution is 7.16. The Labute approximate surface area is 176 Å². The van der Waals surface area contributed by atoms with Crippen LogP contribution in [0.4, 0.5) is 5.13 Å². The van der Waals surface area contributed by atoms with Crippen LogP contribution in [0.2, 0.25) is 0 Å². The second-order valence-corrected chi connectivity index (χ2v) is 7.90. The van der Waals surface area contributed by atoms with E-state index in [1.807, 2.05) is 65.4 Å². The molecular weight excluding hydrogens is 404 g/mol. The molecule has 0 saturated carbocycles. The number of hydrogen-bond acceptors (Lipinski definition) is 6. The molecule has 0 radical (unpaired) electrons. The van der Waals surface area contributed by atoms with Gasteiger partial charge in [0, 0.05) is 5.38 Å². The van der Waals surface area contributed by atoms with Crippen LogP contribution >= 0.6 is 22.7 Å². The highest BCUT2D eigenvalue weighted by atomic mass is 32.1. The minimum Gasteiger partial charge on any atom is -0.489 e. The van der Waals surface area contributed by atoms with Crippen molar-refractivity contribution in [1.29, 1.82) is 0 Å². The van der Waals surface area contributed by atoms with Crippen LogP contribution in [-0.4, -0.2) is 17.5 Å². The Morgan fingerprint density at radius 3 is 2.38 bits per heavy atom. The van der Waals surface area contributed by atoms with Crippen molar-refractivity contribution in [2.45, 2.75) is 6.61 Å². The monoisotopic (exact) mass is 422 g/mol. The molecule has 146 valence electrons. The van der Waals surface area contributed by atoms with Crippen molar-refractivity contribution in [3.8, 4) is 22.1 Å². The number of amides is 1. The predicted molar refractivity (Wildman–Crippen MR) is 117 cm³/mol. The molecule has 1 N–H and O–H groups in total. The first-order valence-corrected chi connectivity index (χ1v) is 10.7. The zero-order valence-electron chi connectivity index (χ0n) is 15.4. The van der Waals surface area contributed by atoms with Gasteiger partial charge in [0.05, 0.1) is 10.6 Å². The van der Waals surface area contributed by atoms with Crippen LogP contribution in [0.5, 0.6) is 11.5 Å². The summed E-state index contributed by atoms with van der Waals surface area (Å²) in [5, 5.41) is 7.26. The molecule has 5 nitrogen and oxygen atoms in total. The van der Waals surface area contributed by atoms with E-state index in [9.17, 15) is 4.79 Å². The molecule has 2 aromatic carbocycles. The lowest BCUT2D eigenvalue weighted by Crippen LogP contribution is -2.20. The molecule has 2 aromatic heterocycles. The van der Waals surface area contributed by atoms with Gasteiger partial charge in [0.2, 0.25) is 0 Å². The molecule has 0 bridgehead atoms. The molecule has 0 unspecified atom stereocenters. The highest BCUT2D eigenvalue weighted by Crippen LogP contribution is 2.28. The van der Waals surface area contributed by atoms with E-state index in [1.54, 1.807) is 23.5 Å². The van der Waals surface area contributed by atoms with E-state index >= 15 is 0 Å². The predicted octanol–water partition coefficient (Wildman–Crippen LogP) is 5.47. The molecule has 2 heterocycles. The molecule has 0 aliphatic rings. The number of benzene rings is 2. The lowest BCUT2D eigenvalue weighted by molar-refractivity contribution is -0.118. The number of rotatable bonds is 8. The maximum atomic E-state index is 12.1. The minimum absolute atomic E-state index is 0.0852. The second-order valence-electron chi connectivity index (χ2n) is 6.10. The van der Waals surface area contributed by atoms with Crippen molar-refractivity contribution < 1.29 is 14.3 Å². The Morgan fingerprint density at radius 1 is 0.897 bits per heavy atom. The normalized spacial score (nSPS) is 10.5. The molecule has 4 aromatic rings. The first-order chi connectivity index (χ1) is 14.3. The van der Waals surface area contributed by atoms with Crippen LogP contribution in [0.15, 0.2) is 77.5 Å². The number of carbonyl (C=O) groups excluding carboxylic acids is 1. The molecule has 0 fully saturated rings. The summed E-state index contributed by atoms with van der Waals surface area (Å²) in [6.07, 6.45) is 0. The van der Waals surface area contributed by atoms with Gasteiger partial charge in [0.25, 0.3) is 5.91 Å². The van der Waals surface area contributed by atoms with E-state index in [1.165, 1.54) is 11.3 Å². The van der Waals surface area contributed by atoms with E-state index in [2.05, 4.69) is 10.3 Å². The number of ether oxygens (including phenoxy) is 2. The molecule has 0 aliphatic carbocycles. The summed E-state index contributed by atoms with van der Waals surface area (Å²) >= 11 is 3.01. The van der Waals surface area contributed by atoms with Gasteiger partial charge in [0.15, 0.2) is 11.7 Å². The summed E-state index contributed by atoms with van der Waals surface area (Å²) < 4.78 is 11.3. The largest absolute Gasteiger partial charge is 0.489 e. The minimum atomic E-state index is -0.249. The number of aromatic nitrogens is 1. The molecule has 0 spiro atoms. The van der Waals surface area contributed by atoms with Gasteiger partial charge < -0.3 is 9.47 Å². The van der Waals surface area contributed by atoms with Gasteiger partial charge in [-0.3, -0.25) is 10.1 Å². The number of hydrogen-bond donors (Lipinski definition) is 1. The van der Waals surface area contributed by atoms with Crippen molar-refractivity contribution in [3.63, 3.8) is 0 Å². The van der Waals surface area contributed by atoms with Gasteiger partial charge in [-0.2, -0.15) is 0 Å². The van der Waals surface area contributed by atoms with E-state index in [0.717, 1.165) is 21.9 Å². The van der Waals surface area contributed by atoms with Crippen LogP contribution < -0.4 is 14.8 Å². The second kappa shape index (κ2) is 9.36. The van der Waals surface area contributed by atoms with E-state index < -0.39 is 0 Å². The summed E-state index contributed by atoms with van der Waals surface area (Å²) in [6, 6.07) is 21.2. The van der Waals surface area contributed by atoms with Gasteiger partial charge in [-0.15, -0.1) is 22.7 Å². The SMILES string of the molecule is O=C(COc1ccc(OCc2ccccc2)cc1)Nc1nc(-c2cccs2)cs1. The number of thiazole rings is 1. The van der Waals surface area contributed by atoms with Gasteiger partial charge in [-0.25, -0.2) is 4.98 Å². The lowest BCUT2D eigenvalue weighted by Gasteiger charge is -2.08. The summed E-state index contributed by atoms with van der Waals surface area (Å²) in [5.74, 6) is 1.10. The summed E-state index contributed by atoms with van der Waals surface area (Å²) in [6.45, 7) is 0.420. The Kier molecular flexibility index (Phi) is 6.19. The van der Waals surface area contributed by atoms with Crippen molar-refractivity contribution in [3.05, 3.63) is 83.1 Å². The van der Waals surface area contributed by atoms with Gasteiger partial charge >= 0.3 is 0 Å². The Balaban J connectivity index is 1.24. The van der Waals surface area contributed by atoms with Crippen LogP contribution in [0.3, 0.4) is 0 Å². The van der Waals surface area contributed by atoms with E-state index in [0.29, 0.717) is 17.5 Å². The quantitative estimate of drug-likeness (QED) is 0.409. The highest BCUT2D eigenvalue weighted by Gasteiger charge is 2.09. The average Bonchev–Trinajstić information content (AvgIpc) is 3.44. The van der Waals surface area contributed by atoms with E-state index in [-0.39, 0.29) is 12.5 Å². The van der Waals surface area contributed by atoms with E-state index in [4.69, 9.17) is 9.47 Å². The smallest absolute Gasteiger partial charge is 0.264 e. The summed E-state index contributed by atoms with van der Waals surface area (Å²) in [7, 11) is 0. The number of anilines is 1. The van der Waals surface area contributed by atoms with Crippen LogP contribution in [0.25, 0.3) is 10.6 Å². The zero-order chi connectivity index (χ0) is 19.9. The fraction of sp³-hybridized carbons (Fsp3) is 0.0909. The molecule has 1 amide bonds. The first kappa shape index (κ1) is 19.2. The van der Waals surface area contributed by atoms with Crippen LogP contribution in [0, 0.1) is 0 Å². The van der Waals surface area contributed by atoms with Crippen molar-refractivity contribution in [1.82, 2.24) is 4.98 Å². The fourth-order valence-corrected chi connectivity index (χ4v) is 4.03. The number of carbonyl (C=O) groups is 1. The molecule has 0 saturated heterocycles. The Hall–Kier alpha value is -3.16. The lowest BCUT2D eigenvalue weighted by atomic mass is 10.2. The maximum Gasteiger partial charge on any atom is 0.264 e. The standard InChI is InChI=1S/C22H18N2O3S2/c25-21(24-22-23-19(15-29-22)20-7-4-12-28-20)14-27-18-10-8-17(9-11-18)26-13-16-5-2-1-3-6-16/h1-12,15H,13-14H2,(H,23,24,25).